The van der Waals surface area contributed by atoms with Gasteiger partial charge in [0.1, 0.15) is 0 Å². The van der Waals surface area contributed by atoms with Crippen molar-refractivity contribution < 1.29 is 24.3 Å². The van der Waals surface area contributed by atoms with Crippen LogP contribution in [0.2, 0.25) is 0 Å². The maximum absolute atomic E-state index is 10.4. The van der Waals surface area contributed by atoms with Crippen molar-refractivity contribution >= 4 is 5.91 Å². The topological polar surface area (TPSA) is 56.0 Å². The fourth-order valence-corrected chi connectivity index (χ4v) is 0.509. The molecular weight excluding hydrogens is 181 g/mol. The van der Waals surface area contributed by atoms with Gasteiger partial charge in [0.2, 0.25) is 5.91 Å². The molecule has 46 valence electrons. The van der Waals surface area contributed by atoms with Crippen molar-refractivity contribution in [2.45, 2.75) is 0 Å². The Kier molecular flexibility index (Phi) is 3.81. The van der Waals surface area contributed by atoms with Gasteiger partial charge in [-0.1, -0.05) is 0 Å². The molecule has 1 amide bonds. The summed E-state index contributed by atoms with van der Waals surface area (Å²) in [6.07, 6.45) is 3.02. The zero-order valence-corrected chi connectivity index (χ0v) is 8.42. The zero-order chi connectivity index (χ0) is 6.69. The van der Waals surface area contributed by atoms with Crippen LogP contribution in [0.3, 0.4) is 0 Å². The number of carbonyl (C=O) groups is 1. The van der Waals surface area contributed by atoms with E-state index in [2.05, 4.69) is 4.98 Å². The van der Waals surface area contributed by atoms with Gasteiger partial charge in [-0.3, -0.25) is 9.78 Å². The smallest absolute Gasteiger partial charge is 0.366 e. The van der Waals surface area contributed by atoms with Gasteiger partial charge in [0, 0.05) is 12.4 Å². The molecule has 0 radical (unpaired) electrons. The molecule has 3 nitrogen and oxygen atoms in total. The molecule has 10 heavy (non-hydrogen) atoms. The summed E-state index contributed by atoms with van der Waals surface area (Å²) >= 11 is 0. The van der Waals surface area contributed by atoms with E-state index in [1.165, 1.54) is 6.20 Å². The maximum Gasteiger partial charge on any atom is 2.00 e. The van der Waals surface area contributed by atoms with Crippen LogP contribution in [-0.4, -0.2) is 10.9 Å². The number of rotatable bonds is 1. The summed E-state index contributed by atoms with van der Waals surface area (Å²) in [4.78, 5) is 14.1. The number of hydrogen-bond donors (Lipinski definition) is 1. The van der Waals surface area contributed by atoms with E-state index in [0.29, 0.717) is 5.56 Å². The van der Waals surface area contributed by atoms with Crippen molar-refractivity contribution in [3.63, 3.8) is 0 Å². The van der Waals surface area contributed by atoms with E-state index in [9.17, 15) is 4.79 Å². The molecule has 0 atom stereocenters. The average molecular weight is 188 g/mol. The number of carbonyl (C=O) groups excluding carboxylic acids is 1. The molecule has 0 aromatic carbocycles. The van der Waals surface area contributed by atoms with Crippen LogP contribution in [0.1, 0.15) is 10.4 Å². The minimum absolute atomic E-state index is 0. The van der Waals surface area contributed by atoms with Crippen LogP contribution in [-0.2, 0) is 19.5 Å². The standard InChI is InChI=1S/C6H6N2O.Zn/c7-6(9)5-2-1-3-8-4-5;/h1-4H,(H2,7,9);/q;+2. The van der Waals surface area contributed by atoms with Crippen molar-refractivity contribution in [3.8, 4) is 0 Å². The van der Waals surface area contributed by atoms with Crippen LogP contribution in [0.5, 0.6) is 0 Å². The van der Waals surface area contributed by atoms with Crippen LogP contribution in [0.25, 0.3) is 0 Å². The molecule has 0 aliphatic heterocycles. The number of nitrogens with two attached hydrogens (primary N) is 1. The summed E-state index contributed by atoms with van der Waals surface area (Å²) in [6.45, 7) is 0. The third kappa shape index (κ3) is 2.23. The number of amides is 1. The molecule has 4 heteroatoms. The van der Waals surface area contributed by atoms with Gasteiger partial charge in [-0.25, -0.2) is 0 Å². The Labute approximate surface area is 71.4 Å². The van der Waals surface area contributed by atoms with E-state index in [-0.39, 0.29) is 19.5 Å². The first-order chi connectivity index (χ1) is 4.30. The third-order valence-electron chi connectivity index (χ3n) is 0.946. The molecule has 0 fully saturated rings. The Morgan fingerprint density at radius 1 is 1.60 bits per heavy atom. The van der Waals surface area contributed by atoms with Crippen molar-refractivity contribution in [2.75, 3.05) is 0 Å². The Balaban J connectivity index is 0.000000810. The van der Waals surface area contributed by atoms with E-state index in [4.69, 9.17) is 5.73 Å². The summed E-state index contributed by atoms with van der Waals surface area (Å²) in [5, 5.41) is 0. The van der Waals surface area contributed by atoms with Gasteiger partial charge in [0.15, 0.2) is 0 Å². The first-order valence-electron chi connectivity index (χ1n) is 2.50. The van der Waals surface area contributed by atoms with Gasteiger partial charge in [0.25, 0.3) is 0 Å². The van der Waals surface area contributed by atoms with E-state index in [1.54, 1.807) is 18.3 Å². The van der Waals surface area contributed by atoms with E-state index in [1.807, 2.05) is 0 Å². The molecule has 1 heterocycles. The SMILES string of the molecule is NC(=O)c1cccnc1.[Zn+2]. The van der Waals surface area contributed by atoms with Gasteiger partial charge in [-0.05, 0) is 12.1 Å². The molecule has 0 spiro atoms. The first kappa shape index (κ1) is 9.24. The van der Waals surface area contributed by atoms with Crippen molar-refractivity contribution in [1.82, 2.24) is 4.98 Å². The average Bonchev–Trinajstić information content (AvgIpc) is 1.90. The summed E-state index contributed by atoms with van der Waals surface area (Å²) in [5.41, 5.74) is 5.38. The van der Waals surface area contributed by atoms with Crippen LogP contribution in [0, 0.1) is 0 Å². The molecule has 0 saturated heterocycles. The molecule has 0 unspecified atom stereocenters. The molecule has 1 rings (SSSR count). The van der Waals surface area contributed by atoms with Gasteiger partial charge >= 0.3 is 19.5 Å². The number of nitrogens with zero attached hydrogens (tertiary/aromatic N) is 1. The van der Waals surface area contributed by atoms with E-state index in [0.717, 1.165) is 0 Å². The second kappa shape index (κ2) is 4.12. The summed E-state index contributed by atoms with van der Waals surface area (Å²) in [6, 6.07) is 3.29. The van der Waals surface area contributed by atoms with Gasteiger partial charge in [-0.15, -0.1) is 0 Å². The predicted molar refractivity (Wildman–Crippen MR) is 32.8 cm³/mol. The fourth-order valence-electron chi connectivity index (χ4n) is 0.509. The monoisotopic (exact) mass is 186 g/mol. The largest absolute Gasteiger partial charge is 2.00 e. The second-order valence-corrected chi connectivity index (χ2v) is 1.61. The number of primary amides is 1. The normalized spacial score (nSPS) is 8.00. The van der Waals surface area contributed by atoms with Gasteiger partial charge in [-0.2, -0.15) is 0 Å². The molecule has 0 aliphatic carbocycles. The van der Waals surface area contributed by atoms with Gasteiger partial charge in [0.05, 0.1) is 5.56 Å². The number of aromatic nitrogens is 1. The molecule has 1 aromatic heterocycles. The summed E-state index contributed by atoms with van der Waals surface area (Å²) < 4.78 is 0. The molecular formula is C6H6N2OZn+2. The molecule has 1 aromatic rings. The molecule has 0 saturated carbocycles. The molecule has 0 bridgehead atoms. The Morgan fingerprint density at radius 3 is 2.60 bits per heavy atom. The van der Waals surface area contributed by atoms with Crippen molar-refractivity contribution in [2.24, 2.45) is 5.73 Å². The maximum atomic E-state index is 10.4. The van der Waals surface area contributed by atoms with Crippen molar-refractivity contribution in [3.05, 3.63) is 30.1 Å². The molecule has 2 N–H and O–H groups in total. The fraction of sp³-hybridized carbons (Fsp3) is 0. The van der Waals surface area contributed by atoms with E-state index >= 15 is 0 Å². The Bertz CT molecular complexity index is 212. The predicted octanol–water partition coefficient (Wildman–Crippen LogP) is 0.178. The quantitative estimate of drug-likeness (QED) is 0.638. The molecule has 0 aliphatic rings. The first-order valence-corrected chi connectivity index (χ1v) is 2.50. The number of pyridine rings is 1. The zero-order valence-electron chi connectivity index (χ0n) is 5.45. The minimum atomic E-state index is -0.442. The van der Waals surface area contributed by atoms with E-state index < -0.39 is 5.91 Å². The van der Waals surface area contributed by atoms with Crippen molar-refractivity contribution in [1.29, 1.82) is 0 Å². The second-order valence-electron chi connectivity index (χ2n) is 1.61. The van der Waals surface area contributed by atoms with Crippen LogP contribution in [0.15, 0.2) is 24.5 Å². The summed E-state index contributed by atoms with van der Waals surface area (Å²) in [5.74, 6) is -0.442. The van der Waals surface area contributed by atoms with Crippen LogP contribution < -0.4 is 5.73 Å². The number of hydrogen-bond acceptors (Lipinski definition) is 2. The summed E-state index contributed by atoms with van der Waals surface area (Å²) in [7, 11) is 0. The van der Waals surface area contributed by atoms with Crippen LogP contribution in [0.4, 0.5) is 0 Å². The van der Waals surface area contributed by atoms with Gasteiger partial charge < -0.3 is 5.73 Å². The van der Waals surface area contributed by atoms with Crippen LogP contribution >= 0.6 is 0 Å². The Morgan fingerprint density at radius 2 is 2.30 bits per heavy atom. The third-order valence-corrected chi connectivity index (χ3v) is 0.946. The Hall–Kier alpha value is -0.757. The minimum Gasteiger partial charge on any atom is -0.366 e.